The van der Waals surface area contributed by atoms with Crippen LogP contribution in [0.3, 0.4) is 0 Å². The molecular weight excluding hydrogens is 488 g/mol. The first-order valence-corrected chi connectivity index (χ1v) is 14.7. The number of benzene rings is 1. The minimum Gasteiger partial charge on any atom is -0.396 e. The van der Waals surface area contributed by atoms with E-state index < -0.39 is 0 Å². The SMILES string of the molecule is CC(=O)/C(N)=C1/C(=NCC(=O)N2CCN(c3cccc(C)c3C)CC2)CC2C(C)C12.CCCCC(=O)CCC. The first kappa shape index (κ1) is 30.6. The second kappa shape index (κ2) is 13.9. The number of rotatable bonds is 9. The lowest BCUT2D eigenvalue weighted by molar-refractivity contribution is -0.129. The number of unbranched alkanes of at least 4 members (excludes halogenated alkanes) is 1. The van der Waals surface area contributed by atoms with E-state index >= 15 is 0 Å². The highest BCUT2D eigenvalue weighted by Gasteiger charge is 2.56. The summed E-state index contributed by atoms with van der Waals surface area (Å²) in [5.41, 5.74) is 12.1. The molecule has 7 heteroatoms. The first-order valence-electron chi connectivity index (χ1n) is 14.7. The van der Waals surface area contributed by atoms with E-state index in [1.54, 1.807) is 0 Å². The quantitative estimate of drug-likeness (QED) is 0.447. The van der Waals surface area contributed by atoms with Gasteiger partial charge >= 0.3 is 0 Å². The molecule has 1 aromatic rings. The van der Waals surface area contributed by atoms with Gasteiger partial charge in [-0.25, -0.2) is 0 Å². The molecule has 3 fully saturated rings. The first-order chi connectivity index (χ1) is 18.6. The molecule has 1 amide bonds. The number of hydrogen-bond donors (Lipinski definition) is 1. The predicted octanol–water partition coefficient (Wildman–Crippen LogP) is 5.03. The summed E-state index contributed by atoms with van der Waals surface area (Å²) in [5, 5.41) is 0. The number of Topliss-reactive ketones (excluding diaryl/α,β-unsaturated/α-hetero) is 2. The molecule has 3 atom stereocenters. The topological polar surface area (TPSA) is 96.1 Å². The maximum absolute atomic E-state index is 12.8. The second-order valence-electron chi connectivity index (χ2n) is 11.4. The molecule has 3 unspecified atom stereocenters. The molecule has 0 bridgehead atoms. The van der Waals surface area contributed by atoms with Crippen molar-refractivity contribution < 1.29 is 14.4 Å². The van der Waals surface area contributed by atoms with Gasteiger partial charge in [0.1, 0.15) is 12.3 Å². The molecule has 0 spiro atoms. The fourth-order valence-electron chi connectivity index (χ4n) is 5.85. The fraction of sp³-hybridized carbons (Fsp3) is 0.625. The van der Waals surface area contributed by atoms with E-state index in [4.69, 9.17) is 5.73 Å². The number of hydrogen-bond acceptors (Lipinski definition) is 6. The number of nitrogens with two attached hydrogens (primary N) is 1. The molecule has 7 nitrogen and oxygen atoms in total. The lowest BCUT2D eigenvalue weighted by Gasteiger charge is -2.37. The molecule has 2 N–H and O–H groups in total. The third kappa shape index (κ3) is 7.58. The number of carbonyl (C=O) groups is 3. The van der Waals surface area contributed by atoms with E-state index in [0.717, 1.165) is 62.9 Å². The lowest BCUT2D eigenvalue weighted by Crippen LogP contribution is -2.49. The van der Waals surface area contributed by atoms with Crippen LogP contribution < -0.4 is 10.6 Å². The number of allylic oxidation sites excluding steroid dienone is 2. The Morgan fingerprint density at radius 3 is 2.33 bits per heavy atom. The zero-order chi connectivity index (χ0) is 28.7. The molecule has 1 saturated heterocycles. The number of amides is 1. The number of nitrogens with zero attached hydrogens (tertiary/aromatic N) is 3. The van der Waals surface area contributed by atoms with Gasteiger partial charge in [0.15, 0.2) is 5.78 Å². The van der Waals surface area contributed by atoms with Crippen LogP contribution in [0.1, 0.15) is 77.3 Å². The van der Waals surface area contributed by atoms with Crippen molar-refractivity contribution in [2.24, 2.45) is 28.5 Å². The molecule has 39 heavy (non-hydrogen) atoms. The Hall–Kier alpha value is -2.96. The average molecular weight is 537 g/mol. The van der Waals surface area contributed by atoms with Crippen molar-refractivity contribution in [3.8, 4) is 0 Å². The van der Waals surface area contributed by atoms with Crippen molar-refractivity contribution >= 4 is 28.9 Å². The van der Waals surface area contributed by atoms with Gasteiger partial charge in [0.2, 0.25) is 5.91 Å². The molecule has 2 saturated carbocycles. The van der Waals surface area contributed by atoms with Gasteiger partial charge in [0.25, 0.3) is 0 Å². The molecule has 3 aliphatic rings. The smallest absolute Gasteiger partial charge is 0.244 e. The number of fused-ring (bicyclic) bond motifs is 1. The molecular formula is C32H48N4O3. The van der Waals surface area contributed by atoms with E-state index in [0.29, 0.717) is 42.3 Å². The molecule has 1 aliphatic heterocycles. The highest BCUT2D eigenvalue weighted by molar-refractivity contribution is 6.11. The summed E-state index contributed by atoms with van der Waals surface area (Å²) in [6, 6.07) is 6.38. The van der Waals surface area contributed by atoms with Crippen LogP contribution in [0, 0.1) is 31.6 Å². The Bertz CT molecular complexity index is 1110. The van der Waals surface area contributed by atoms with Crippen LogP contribution in [0.15, 0.2) is 34.5 Å². The molecule has 4 rings (SSSR count). The molecule has 1 heterocycles. The number of anilines is 1. The van der Waals surface area contributed by atoms with E-state index in [2.05, 4.69) is 55.8 Å². The molecule has 0 radical (unpaired) electrons. The monoisotopic (exact) mass is 536 g/mol. The van der Waals surface area contributed by atoms with Crippen molar-refractivity contribution in [3.05, 3.63) is 40.6 Å². The van der Waals surface area contributed by atoms with Crippen LogP contribution >= 0.6 is 0 Å². The molecule has 1 aromatic carbocycles. The van der Waals surface area contributed by atoms with Gasteiger partial charge in [-0.1, -0.05) is 39.3 Å². The van der Waals surface area contributed by atoms with Gasteiger partial charge in [-0.3, -0.25) is 19.4 Å². The minimum absolute atomic E-state index is 0.0532. The Morgan fingerprint density at radius 2 is 1.72 bits per heavy atom. The van der Waals surface area contributed by atoms with Crippen LogP contribution in [0.2, 0.25) is 0 Å². The summed E-state index contributed by atoms with van der Waals surface area (Å²) in [7, 11) is 0. The number of aliphatic imine (C=N–C) groups is 1. The molecule has 0 aromatic heterocycles. The van der Waals surface area contributed by atoms with E-state index in [9.17, 15) is 14.4 Å². The number of carbonyl (C=O) groups excluding carboxylic acids is 3. The zero-order valence-corrected chi connectivity index (χ0v) is 24.9. The Kier molecular flexibility index (Phi) is 10.9. The van der Waals surface area contributed by atoms with Gasteiger partial charge in [-0.05, 0) is 68.1 Å². The van der Waals surface area contributed by atoms with Crippen LogP contribution in [0.4, 0.5) is 5.69 Å². The summed E-state index contributed by atoms with van der Waals surface area (Å²) < 4.78 is 0. The Labute approximate surface area is 234 Å². The fourth-order valence-corrected chi connectivity index (χ4v) is 5.85. The van der Waals surface area contributed by atoms with Crippen molar-refractivity contribution in [2.45, 2.75) is 80.1 Å². The normalized spacial score (nSPS) is 24.2. The number of ketones is 2. The molecule has 2 aliphatic carbocycles. The van der Waals surface area contributed by atoms with Crippen molar-refractivity contribution in [1.82, 2.24) is 4.90 Å². The van der Waals surface area contributed by atoms with E-state index in [1.807, 2.05) is 11.8 Å². The van der Waals surface area contributed by atoms with Crippen LogP contribution in [-0.2, 0) is 14.4 Å². The third-order valence-corrected chi connectivity index (χ3v) is 8.60. The summed E-state index contributed by atoms with van der Waals surface area (Å²) >= 11 is 0. The standard InChI is InChI=1S/C24H32N4O2.C8H16O/c1-14-6-5-7-20(15(14)2)27-8-10-28(11-9-27)21(30)13-26-19-12-18-16(3)22(18)23(19)24(25)17(4)29;1-3-5-7-8(9)6-4-2/h5-7,16,18,22H,8-13,25H2,1-4H3;3-7H2,1-2H3/b24-23+,26-19?;. The Balaban J connectivity index is 0.000000403. The van der Waals surface area contributed by atoms with Crippen LogP contribution in [0.25, 0.3) is 0 Å². The average Bonchev–Trinajstić information content (AvgIpc) is 3.37. The number of piperazine rings is 1. The number of aryl methyl sites for hydroxylation is 1. The maximum atomic E-state index is 12.8. The summed E-state index contributed by atoms with van der Waals surface area (Å²) in [4.78, 5) is 44.3. The van der Waals surface area contributed by atoms with Gasteiger partial charge < -0.3 is 15.5 Å². The summed E-state index contributed by atoms with van der Waals surface area (Å²) in [6.07, 6.45) is 5.62. The summed E-state index contributed by atoms with van der Waals surface area (Å²) in [6.45, 7) is 15.4. The highest BCUT2D eigenvalue weighted by atomic mass is 16.2. The van der Waals surface area contributed by atoms with E-state index in [-0.39, 0.29) is 18.2 Å². The van der Waals surface area contributed by atoms with Gasteiger partial charge in [0, 0.05) is 62.9 Å². The largest absolute Gasteiger partial charge is 0.396 e. The zero-order valence-electron chi connectivity index (χ0n) is 24.9. The molecule has 214 valence electrons. The third-order valence-electron chi connectivity index (χ3n) is 8.60. The van der Waals surface area contributed by atoms with Crippen molar-refractivity contribution in [1.29, 1.82) is 0 Å². The van der Waals surface area contributed by atoms with Gasteiger partial charge in [0.05, 0.1) is 5.70 Å². The Morgan fingerprint density at radius 1 is 1.03 bits per heavy atom. The predicted molar refractivity (Wildman–Crippen MR) is 159 cm³/mol. The summed E-state index contributed by atoms with van der Waals surface area (Å²) in [5.74, 6) is 1.82. The van der Waals surface area contributed by atoms with Crippen molar-refractivity contribution in [2.75, 3.05) is 37.6 Å². The minimum atomic E-state index is -0.105. The van der Waals surface area contributed by atoms with E-state index in [1.165, 1.54) is 23.7 Å². The lowest BCUT2D eigenvalue weighted by atomic mass is 10.0. The van der Waals surface area contributed by atoms with Crippen molar-refractivity contribution in [3.63, 3.8) is 0 Å². The van der Waals surface area contributed by atoms with Gasteiger partial charge in [-0.15, -0.1) is 0 Å². The van der Waals surface area contributed by atoms with Crippen LogP contribution in [-0.4, -0.2) is 60.8 Å². The van der Waals surface area contributed by atoms with Gasteiger partial charge in [-0.2, -0.15) is 0 Å². The maximum Gasteiger partial charge on any atom is 0.244 e. The second-order valence-corrected chi connectivity index (χ2v) is 11.4. The highest BCUT2D eigenvalue weighted by Crippen LogP contribution is 2.59. The van der Waals surface area contributed by atoms with Crippen LogP contribution in [0.5, 0.6) is 0 Å².